The van der Waals surface area contributed by atoms with Crippen LogP contribution in [-0.2, 0) is 15.0 Å². The number of benzene rings is 1. The number of amides is 1. The van der Waals surface area contributed by atoms with Gasteiger partial charge in [0, 0.05) is 40.3 Å². The van der Waals surface area contributed by atoms with E-state index in [9.17, 15) is 13.2 Å². The molecule has 0 unspecified atom stereocenters. The van der Waals surface area contributed by atoms with Crippen LogP contribution in [0.1, 0.15) is 17.2 Å². The van der Waals surface area contributed by atoms with Crippen molar-refractivity contribution < 1.29 is 13.2 Å². The lowest BCUT2D eigenvalue weighted by Crippen LogP contribution is -2.54. The van der Waals surface area contributed by atoms with Gasteiger partial charge in [0.25, 0.3) is 10.2 Å². The van der Waals surface area contributed by atoms with E-state index in [-0.39, 0.29) is 11.9 Å². The number of hydrogen-bond donors (Lipinski definition) is 0. The first kappa shape index (κ1) is 19.8. The number of hydrogen-bond acceptors (Lipinski definition) is 4. The number of likely N-dealkylation sites (N-methyl/N-ethyl adjacent to an activating group) is 1. The van der Waals surface area contributed by atoms with Gasteiger partial charge in [-0.3, -0.25) is 9.69 Å². The Labute approximate surface area is 151 Å². The number of nitrogens with zero attached hydrogens (tertiary/aromatic N) is 4. The summed E-state index contributed by atoms with van der Waals surface area (Å²) in [5.41, 5.74) is 2.10. The van der Waals surface area contributed by atoms with Crippen LogP contribution in [0.2, 0.25) is 0 Å². The second-order valence-electron chi connectivity index (χ2n) is 6.79. The Morgan fingerprint density at radius 3 is 1.96 bits per heavy atom. The van der Waals surface area contributed by atoms with Crippen molar-refractivity contribution in [1.82, 2.24) is 18.4 Å². The van der Waals surface area contributed by atoms with Crippen molar-refractivity contribution in [3.8, 4) is 0 Å². The lowest BCUT2D eigenvalue weighted by Gasteiger charge is -2.37. The van der Waals surface area contributed by atoms with E-state index in [1.807, 2.05) is 50.2 Å². The van der Waals surface area contributed by atoms with Crippen LogP contribution in [0.25, 0.3) is 0 Å². The van der Waals surface area contributed by atoms with E-state index in [1.54, 1.807) is 4.90 Å². The Hall–Kier alpha value is -1.48. The van der Waals surface area contributed by atoms with Gasteiger partial charge in [0.1, 0.15) is 6.04 Å². The fourth-order valence-electron chi connectivity index (χ4n) is 2.95. The van der Waals surface area contributed by atoms with Gasteiger partial charge in [-0.2, -0.15) is 17.0 Å². The maximum absolute atomic E-state index is 13.0. The molecule has 0 bridgehead atoms. The summed E-state index contributed by atoms with van der Waals surface area (Å²) in [6.07, 6.45) is 0. The monoisotopic (exact) mass is 368 g/mol. The Kier molecular flexibility index (Phi) is 6.21. The molecule has 1 heterocycles. The van der Waals surface area contributed by atoms with Crippen molar-refractivity contribution in [3.63, 3.8) is 0 Å². The summed E-state index contributed by atoms with van der Waals surface area (Å²) in [6.45, 7) is 3.46. The van der Waals surface area contributed by atoms with Crippen LogP contribution in [0.15, 0.2) is 24.3 Å². The maximum atomic E-state index is 13.0. The molecule has 0 saturated carbocycles. The molecule has 8 heteroatoms. The van der Waals surface area contributed by atoms with Crippen LogP contribution in [0.3, 0.4) is 0 Å². The molecule has 2 rings (SSSR count). The van der Waals surface area contributed by atoms with Crippen LogP contribution in [0, 0.1) is 6.92 Å². The van der Waals surface area contributed by atoms with Crippen molar-refractivity contribution in [3.05, 3.63) is 35.4 Å². The lowest BCUT2D eigenvalue weighted by molar-refractivity contribution is -0.137. The molecule has 0 aromatic heterocycles. The number of carbonyl (C=O) groups excluding carboxylic acids is 1. The van der Waals surface area contributed by atoms with Crippen LogP contribution < -0.4 is 0 Å². The standard InChI is InChI=1S/C17H28N4O3S/c1-14-6-8-15(9-7-14)16(18(2)3)17(22)20-10-12-21(13-11-20)25(23,24)19(4)5/h6-9,16H,10-13H2,1-5H3/t16-/m0/s1. The third-order valence-corrected chi connectivity index (χ3v) is 6.42. The third-order valence-electron chi connectivity index (χ3n) is 4.48. The molecule has 0 spiro atoms. The van der Waals surface area contributed by atoms with Gasteiger partial charge in [-0.25, -0.2) is 0 Å². The van der Waals surface area contributed by atoms with Crippen molar-refractivity contribution in [2.24, 2.45) is 0 Å². The Bertz CT molecular complexity index is 693. The minimum absolute atomic E-state index is 0.00996. The van der Waals surface area contributed by atoms with Gasteiger partial charge in [0.05, 0.1) is 0 Å². The molecule has 1 aromatic rings. The van der Waals surface area contributed by atoms with Gasteiger partial charge >= 0.3 is 0 Å². The fourth-order valence-corrected chi connectivity index (χ4v) is 4.04. The first-order valence-corrected chi connectivity index (χ1v) is 9.73. The van der Waals surface area contributed by atoms with E-state index in [0.29, 0.717) is 26.2 Å². The van der Waals surface area contributed by atoms with Gasteiger partial charge in [0.15, 0.2) is 0 Å². The fraction of sp³-hybridized carbons (Fsp3) is 0.588. The predicted octanol–water partition coefficient (Wildman–Crippen LogP) is 0.548. The zero-order valence-corrected chi connectivity index (χ0v) is 16.5. The highest BCUT2D eigenvalue weighted by Crippen LogP contribution is 2.23. The average molecular weight is 369 g/mol. The van der Waals surface area contributed by atoms with E-state index in [4.69, 9.17) is 0 Å². The van der Waals surface area contributed by atoms with Crippen LogP contribution >= 0.6 is 0 Å². The van der Waals surface area contributed by atoms with Gasteiger partial charge in [0.2, 0.25) is 5.91 Å². The van der Waals surface area contributed by atoms with Crippen LogP contribution in [-0.4, -0.2) is 87.1 Å². The molecule has 1 amide bonds. The number of piperazine rings is 1. The molecular formula is C17H28N4O3S. The highest BCUT2D eigenvalue weighted by molar-refractivity contribution is 7.86. The molecule has 1 aliphatic rings. The Balaban J connectivity index is 2.11. The van der Waals surface area contributed by atoms with Crippen molar-refractivity contribution >= 4 is 16.1 Å². The van der Waals surface area contributed by atoms with Crippen LogP contribution in [0.4, 0.5) is 0 Å². The van der Waals surface area contributed by atoms with Crippen molar-refractivity contribution in [1.29, 1.82) is 0 Å². The molecule has 7 nitrogen and oxygen atoms in total. The summed E-state index contributed by atoms with van der Waals surface area (Å²) >= 11 is 0. The molecule has 1 aromatic carbocycles. The van der Waals surface area contributed by atoms with Gasteiger partial charge in [-0.15, -0.1) is 0 Å². The topological polar surface area (TPSA) is 64.2 Å². The normalized spacial score (nSPS) is 18.0. The van der Waals surface area contributed by atoms with E-state index in [2.05, 4.69) is 0 Å². The molecule has 0 aliphatic carbocycles. The summed E-state index contributed by atoms with van der Waals surface area (Å²) < 4.78 is 27.0. The highest BCUT2D eigenvalue weighted by Gasteiger charge is 2.33. The van der Waals surface area contributed by atoms with E-state index in [0.717, 1.165) is 11.1 Å². The molecule has 140 valence electrons. The van der Waals surface area contributed by atoms with E-state index >= 15 is 0 Å². The molecule has 1 atom stereocenters. The summed E-state index contributed by atoms with van der Waals surface area (Å²) in [7, 11) is 3.38. The van der Waals surface area contributed by atoms with Crippen molar-refractivity contribution in [2.45, 2.75) is 13.0 Å². The number of rotatable bonds is 5. The van der Waals surface area contributed by atoms with Crippen molar-refractivity contribution in [2.75, 3.05) is 54.4 Å². The second kappa shape index (κ2) is 7.82. The van der Waals surface area contributed by atoms with Crippen LogP contribution in [0.5, 0.6) is 0 Å². The summed E-state index contributed by atoms with van der Waals surface area (Å²) in [4.78, 5) is 16.7. The number of aryl methyl sites for hydroxylation is 1. The van der Waals surface area contributed by atoms with Gasteiger partial charge in [-0.05, 0) is 26.6 Å². The zero-order chi connectivity index (χ0) is 18.8. The second-order valence-corrected chi connectivity index (χ2v) is 8.93. The lowest BCUT2D eigenvalue weighted by atomic mass is 10.0. The molecule has 0 N–H and O–H groups in total. The van der Waals surface area contributed by atoms with Gasteiger partial charge in [-0.1, -0.05) is 29.8 Å². The molecule has 0 radical (unpaired) electrons. The van der Waals surface area contributed by atoms with E-state index in [1.165, 1.54) is 22.7 Å². The predicted molar refractivity (Wildman–Crippen MR) is 98.4 cm³/mol. The summed E-state index contributed by atoms with van der Waals surface area (Å²) in [6, 6.07) is 7.59. The summed E-state index contributed by atoms with van der Waals surface area (Å²) in [5.74, 6) is 0.00996. The third kappa shape index (κ3) is 4.38. The quantitative estimate of drug-likeness (QED) is 0.761. The molecule has 1 aliphatic heterocycles. The van der Waals surface area contributed by atoms with E-state index < -0.39 is 10.2 Å². The average Bonchev–Trinajstić information content (AvgIpc) is 2.56. The Morgan fingerprint density at radius 1 is 1.00 bits per heavy atom. The SMILES string of the molecule is Cc1ccc([C@@H](C(=O)N2CCN(S(=O)(=O)N(C)C)CC2)N(C)C)cc1. The minimum atomic E-state index is -3.42. The maximum Gasteiger partial charge on any atom is 0.281 e. The van der Waals surface area contributed by atoms with Gasteiger partial charge < -0.3 is 4.90 Å². The molecule has 1 saturated heterocycles. The first-order valence-electron chi connectivity index (χ1n) is 8.34. The first-order chi connectivity index (χ1) is 11.6. The zero-order valence-electron chi connectivity index (χ0n) is 15.6. The highest BCUT2D eigenvalue weighted by atomic mass is 32.2. The molecular weight excluding hydrogens is 340 g/mol. The number of carbonyl (C=O) groups is 1. The molecule has 1 fully saturated rings. The summed E-state index contributed by atoms with van der Waals surface area (Å²) in [5, 5.41) is 0. The largest absolute Gasteiger partial charge is 0.338 e. The Morgan fingerprint density at radius 2 is 1.52 bits per heavy atom. The molecule has 25 heavy (non-hydrogen) atoms. The minimum Gasteiger partial charge on any atom is -0.338 e. The smallest absolute Gasteiger partial charge is 0.281 e.